The van der Waals surface area contributed by atoms with Crippen molar-refractivity contribution in [2.45, 2.75) is 18.6 Å². The molecule has 108 valence electrons. The van der Waals surface area contributed by atoms with Crippen LogP contribution in [0, 0.1) is 0 Å². The largest absolute Gasteiger partial charge is 0.387 e. The summed E-state index contributed by atoms with van der Waals surface area (Å²) in [6.45, 7) is 0.220. The Morgan fingerprint density at radius 1 is 1.19 bits per heavy atom. The Bertz CT molecular complexity index is 603. The van der Waals surface area contributed by atoms with Crippen molar-refractivity contribution in [1.29, 1.82) is 0 Å². The first kappa shape index (κ1) is 13.6. The summed E-state index contributed by atoms with van der Waals surface area (Å²) in [6, 6.07) is 17.0. The lowest BCUT2D eigenvalue weighted by Gasteiger charge is -2.15. The summed E-state index contributed by atoms with van der Waals surface area (Å²) >= 11 is 0. The highest BCUT2D eigenvalue weighted by atomic mass is 16.3. The number of carbonyl (C=O) groups excluding carboxylic acids is 1. The maximum absolute atomic E-state index is 12.2. The number of hydrogen-bond donors (Lipinski definition) is 3. The predicted molar refractivity (Wildman–Crippen MR) is 82.0 cm³/mol. The Balaban J connectivity index is 1.54. The second-order valence-corrected chi connectivity index (χ2v) is 5.23. The van der Waals surface area contributed by atoms with Crippen LogP contribution in [0.3, 0.4) is 0 Å². The topological polar surface area (TPSA) is 61.4 Å². The van der Waals surface area contributed by atoms with Crippen molar-refractivity contribution < 1.29 is 9.90 Å². The molecule has 0 bridgehead atoms. The molecule has 2 atom stereocenters. The highest BCUT2D eigenvalue weighted by Crippen LogP contribution is 2.25. The molecule has 0 spiro atoms. The van der Waals surface area contributed by atoms with E-state index in [1.54, 1.807) is 0 Å². The van der Waals surface area contributed by atoms with Crippen molar-refractivity contribution >= 4 is 11.6 Å². The van der Waals surface area contributed by atoms with Crippen molar-refractivity contribution in [2.24, 2.45) is 0 Å². The van der Waals surface area contributed by atoms with Gasteiger partial charge in [-0.1, -0.05) is 48.5 Å². The first-order chi connectivity index (χ1) is 10.2. The fraction of sp³-hybridized carbons (Fsp3) is 0.235. The van der Waals surface area contributed by atoms with E-state index in [1.807, 2.05) is 54.6 Å². The van der Waals surface area contributed by atoms with Crippen molar-refractivity contribution in [3.63, 3.8) is 0 Å². The first-order valence-electron chi connectivity index (χ1n) is 7.09. The monoisotopic (exact) mass is 282 g/mol. The summed E-state index contributed by atoms with van der Waals surface area (Å²) in [5, 5.41) is 16.1. The number of aliphatic hydroxyl groups is 1. The summed E-state index contributed by atoms with van der Waals surface area (Å²) in [5.74, 6) is -0.0822. The number of aliphatic hydroxyl groups excluding tert-OH is 1. The van der Waals surface area contributed by atoms with Crippen LogP contribution in [0.2, 0.25) is 0 Å². The Labute approximate surface area is 123 Å². The summed E-state index contributed by atoms with van der Waals surface area (Å²) < 4.78 is 0. The molecular formula is C17H18N2O2. The Morgan fingerprint density at radius 3 is 2.67 bits per heavy atom. The summed E-state index contributed by atoms with van der Waals surface area (Å²) in [7, 11) is 0. The standard InChI is InChI=1S/C17H18N2O2/c20-16(12-6-2-1-3-7-12)11-18-17(21)15-10-13-8-4-5-9-14(13)19-15/h1-9,15-16,19-20H,10-11H2,(H,18,21)/t15-,16?/m0/s1. The molecule has 2 aromatic carbocycles. The van der Waals surface area contributed by atoms with Gasteiger partial charge in [0.05, 0.1) is 6.10 Å². The van der Waals surface area contributed by atoms with Gasteiger partial charge in [0.25, 0.3) is 0 Å². The lowest BCUT2D eigenvalue weighted by atomic mass is 10.1. The molecule has 0 radical (unpaired) electrons. The van der Waals surface area contributed by atoms with E-state index < -0.39 is 6.10 Å². The van der Waals surface area contributed by atoms with Gasteiger partial charge < -0.3 is 15.7 Å². The normalized spacial score (nSPS) is 17.7. The number of amides is 1. The van der Waals surface area contributed by atoms with Crippen molar-refractivity contribution in [1.82, 2.24) is 5.32 Å². The van der Waals surface area contributed by atoms with E-state index in [9.17, 15) is 9.90 Å². The van der Waals surface area contributed by atoms with Gasteiger partial charge >= 0.3 is 0 Å². The molecule has 0 saturated carbocycles. The fourth-order valence-corrected chi connectivity index (χ4v) is 2.57. The predicted octanol–water partition coefficient (Wildman–Crippen LogP) is 1.87. The van der Waals surface area contributed by atoms with E-state index in [0.717, 1.165) is 16.8 Å². The minimum absolute atomic E-state index is 0.0822. The Hall–Kier alpha value is -2.33. The van der Waals surface area contributed by atoms with Gasteiger partial charge in [-0.2, -0.15) is 0 Å². The van der Waals surface area contributed by atoms with Crippen molar-refractivity contribution in [3.8, 4) is 0 Å². The lowest BCUT2D eigenvalue weighted by molar-refractivity contribution is -0.122. The zero-order chi connectivity index (χ0) is 14.7. The van der Waals surface area contributed by atoms with Crippen LogP contribution in [0.5, 0.6) is 0 Å². The average Bonchev–Trinajstić information content (AvgIpc) is 2.97. The van der Waals surface area contributed by atoms with E-state index in [1.165, 1.54) is 0 Å². The molecule has 4 heteroatoms. The van der Waals surface area contributed by atoms with Gasteiger partial charge in [-0.05, 0) is 17.2 Å². The van der Waals surface area contributed by atoms with Crippen LogP contribution < -0.4 is 10.6 Å². The summed E-state index contributed by atoms with van der Waals surface area (Å²) in [6.07, 6.45) is 0.00242. The molecule has 1 amide bonds. The van der Waals surface area contributed by atoms with E-state index in [0.29, 0.717) is 6.42 Å². The number of hydrogen-bond acceptors (Lipinski definition) is 3. The van der Waals surface area contributed by atoms with Crippen LogP contribution in [0.25, 0.3) is 0 Å². The minimum Gasteiger partial charge on any atom is -0.387 e. The maximum atomic E-state index is 12.2. The molecule has 1 unspecified atom stereocenters. The molecule has 0 saturated heterocycles. The number of benzene rings is 2. The smallest absolute Gasteiger partial charge is 0.242 e. The van der Waals surface area contributed by atoms with Crippen LogP contribution in [0.15, 0.2) is 54.6 Å². The molecule has 0 aliphatic carbocycles. The molecule has 3 rings (SSSR count). The summed E-state index contributed by atoms with van der Waals surface area (Å²) in [4.78, 5) is 12.2. The summed E-state index contributed by atoms with van der Waals surface area (Å²) in [5.41, 5.74) is 2.97. The van der Waals surface area contributed by atoms with Gasteiger partial charge in [0.2, 0.25) is 5.91 Å². The zero-order valence-electron chi connectivity index (χ0n) is 11.6. The van der Waals surface area contributed by atoms with Crippen molar-refractivity contribution in [3.05, 3.63) is 65.7 Å². The maximum Gasteiger partial charge on any atom is 0.242 e. The van der Waals surface area contributed by atoms with Crippen LogP contribution in [-0.2, 0) is 11.2 Å². The number of para-hydroxylation sites is 1. The molecule has 1 aliphatic rings. The van der Waals surface area contributed by atoms with Gasteiger partial charge in [0, 0.05) is 18.7 Å². The van der Waals surface area contributed by atoms with Gasteiger partial charge in [0.15, 0.2) is 0 Å². The third-order valence-corrected chi connectivity index (χ3v) is 3.74. The number of carbonyl (C=O) groups is 1. The Kier molecular flexibility index (Phi) is 3.88. The Morgan fingerprint density at radius 2 is 1.90 bits per heavy atom. The quantitative estimate of drug-likeness (QED) is 0.802. The second-order valence-electron chi connectivity index (χ2n) is 5.23. The average molecular weight is 282 g/mol. The number of rotatable bonds is 4. The molecule has 21 heavy (non-hydrogen) atoms. The van der Waals surface area contributed by atoms with Gasteiger partial charge in [0.1, 0.15) is 6.04 Å². The van der Waals surface area contributed by atoms with E-state index in [4.69, 9.17) is 0 Å². The molecule has 0 fully saturated rings. The first-order valence-corrected chi connectivity index (χ1v) is 7.09. The van der Waals surface area contributed by atoms with Gasteiger partial charge in [-0.3, -0.25) is 4.79 Å². The van der Waals surface area contributed by atoms with Crippen LogP contribution >= 0.6 is 0 Å². The number of nitrogens with one attached hydrogen (secondary N) is 2. The fourth-order valence-electron chi connectivity index (χ4n) is 2.57. The molecule has 1 aliphatic heterocycles. The number of fused-ring (bicyclic) bond motifs is 1. The van der Waals surface area contributed by atoms with E-state index in [-0.39, 0.29) is 18.5 Å². The minimum atomic E-state index is -0.682. The lowest BCUT2D eigenvalue weighted by Crippen LogP contribution is -2.40. The van der Waals surface area contributed by atoms with E-state index in [2.05, 4.69) is 10.6 Å². The second kappa shape index (κ2) is 5.97. The molecule has 0 aromatic heterocycles. The van der Waals surface area contributed by atoms with Crippen LogP contribution in [0.1, 0.15) is 17.2 Å². The SMILES string of the molecule is O=C(NCC(O)c1ccccc1)[C@@H]1Cc2ccccc2N1. The van der Waals surface area contributed by atoms with Gasteiger partial charge in [-0.25, -0.2) is 0 Å². The van der Waals surface area contributed by atoms with Crippen LogP contribution in [-0.4, -0.2) is 23.6 Å². The van der Waals surface area contributed by atoms with Crippen molar-refractivity contribution in [2.75, 3.05) is 11.9 Å². The van der Waals surface area contributed by atoms with Crippen LogP contribution in [0.4, 0.5) is 5.69 Å². The van der Waals surface area contributed by atoms with Gasteiger partial charge in [-0.15, -0.1) is 0 Å². The highest BCUT2D eigenvalue weighted by molar-refractivity contribution is 5.87. The third-order valence-electron chi connectivity index (χ3n) is 3.74. The van der Waals surface area contributed by atoms with E-state index >= 15 is 0 Å². The third kappa shape index (κ3) is 3.06. The molecular weight excluding hydrogens is 264 g/mol. The molecule has 4 nitrogen and oxygen atoms in total. The molecule has 3 N–H and O–H groups in total. The highest BCUT2D eigenvalue weighted by Gasteiger charge is 2.26. The zero-order valence-corrected chi connectivity index (χ0v) is 11.6. The molecule has 2 aromatic rings. The number of anilines is 1. The molecule has 1 heterocycles.